The molecule has 0 rings (SSSR count). The first-order valence-electron chi connectivity index (χ1n) is 13.6. The van der Waals surface area contributed by atoms with E-state index in [1.54, 1.807) is 28.1 Å². The van der Waals surface area contributed by atoms with Gasteiger partial charge in [-0.3, -0.25) is 0 Å². The second-order valence-electron chi connectivity index (χ2n) is 9.04. The number of methoxy groups -OCH3 is 2. The molecule has 6 nitrogen and oxygen atoms in total. The van der Waals surface area contributed by atoms with Crippen molar-refractivity contribution in [3.05, 3.63) is 0 Å². The summed E-state index contributed by atoms with van der Waals surface area (Å²) in [6.07, 6.45) is 9.45. The van der Waals surface area contributed by atoms with E-state index in [9.17, 15) is 9.59 Å². The van der Waals surface area contributed by atoms with Crippen LogP contribution in [0.1, 0.15) is 114 Å². The van der Waals surface area contributed by atoms with Gasteiger partial charge in [-0.1, -0.05) is 47.0 Å². The van der Waals surface area contributed by atoms with Crippen molar-refractivity contribution < 1.29 is 19.1 Å². The summed E-state index contributed by atoms with van der Waals surface area (Å²) >= 11 is 0. The molecular weight excluding hydrogens is 440 g/mol. The Balaban J connectivity index is -0.0000000732. The second-order valence-corrected chi connectivity index (χ2v) is 9.04. The first-order chi connectivity index (χ1) is 16.3. The van der Waals surface area contributed by atoms with Gasteiger partial charge >= 0.3 is 0 Å². The van der Waals surface area contributed by atoms with E-state index in [1.165, 1.54) is 45.2 Å². The Kier molecular flexibility index (Phi) is 63.0. The van der Waals surface area contributed by atoms with E-state index in [2.05, 4.69) is 56.6 Å². The molecule has 0 aromatic rings. The van der Waals surface area contributed by atoms with Crippen LogP contribution < -0.4 is 0 Å². The maximum Gasteiger partial charge on any atom is 0.129 e. The van der Waals surface area contributed by atoms with Crippen LogP contribution in [0.2, 0.25) is 0 Å². The lowest BCUT2D eigenvalue weighted by atomic mass is 10.2. The number of ketones is 2. The quantitative estimate of drug-likeness (QED) is 0.261. The molecule has 0 aromatic heterocycles. The monoisotopic (exact) mass is 509 g/mol. The van der Waals surface area contributed by atoms with Crippen LogP contribution in [0.5, 0.6) is 0 Å². The van der Waals surface area contributed by atoms with Crippen LogP contribution >= 0.6 is 0 Å². The average molecular weight is 509 g/mol. The fourth-order valence-electron chi connectivity index (χ4n) is 1.50. The molecule has 218 valence electrons. The molecule has 0 N–H and O–H groups in total. The van der Waals surface area contributed by atoms with E-state index < -0.39 is 0 Å². The van der Waals surface area contributed by atoms with Gasteiger partial charge in [-0.05, 0) is 95.2 Å². The van der Waals surface area contributed by atoms with Crippen molar-refractivity contribution in [3.63, 3.8) is 0 Å². The van der Waals surface area contributed by atoms with Gasteiger partial charge in [-0.2, -0.15) is 0 Å². The average Bonchev–Trinajstić information content (AvgIpc) is 2.79. The van der Waals surface area contributed by atoms with Crippen LogP contribution in [0, 0.1) is 0 Å². The molecule has 0 fully saturated rings. The smallest absolute Gasteiger partial charge is 0.129 e. The summed E-state index contributed by atoms with van der Waals surface area (Å²) in [5.41, 5.74) is 0. The molecule has 0 aliphatic rings. The number of carbonyl (C=O) groups excluding carboxylic acids is 2. The zero-order valence-corrected chi connectivity index (χ0v) is 26.9. The number of ether oxygens (including phenoxy) is 2. The van der Waals surface area contributed by atoms with Gasteiger partial charge in [-0.25, -0.2) is 0 Å². The number of rotatable bonds is 12. The predicted octanol–water partition coefficient (Wildman–Crippen LogP) is 7.14. The van der Waals surface area contributed by atoms with Crippen molar-refractivity contribution in [1.29, 1.82) is 0 Å². The van der Waals surface area contributed by atoms with Crippen molar-refractivity contribution >= 4 is 11.6 Å². The Hall–Kier alpha value is -0.820. The maximum absolute atomic E-state index is 10.0. The number of nitrogens with zero attached hydrogens (tertiary/aromatic N) is 2. The van der Waals surface area contributed by atoms with E-state index in [4.69, 9.17) is 4.74 Å². The van der Waals surface area contributed by atoms with Gasteiger partial charge in [0.25, 0.3) is 0 Å². The highest BCUT2D eigenvalue weighted by Crippen LogP contribution is 1.93. The molecule has 0 aliphatic heterocycles. The molecule has 35 heavy (non-hydrogen) atoms. The molecule has 6 heteroatoms. The lowest BCUT2D eigenvalue weighted by Gasteiger charge is -2.06. The van der Waals surface area contributed by atoms with Gasteiger partial charge in [0.1, 0.15) is 11.6 Å². The number of unbranched alkanes of at least 4 members (excludes halogenated alkanes) is 3. The largest absolute Gasteiger partial charge is 0.385 e. The first-order valence-corrected chi connectivity index (χ1v) is 13.6. The van der Waals surface area contributed by atoms with Crippen LogP contribution in [0.3, 0.4) is 0 Å². The van der Waals surface area contributed by atoms with Crippen molar-refractivity contribution in [2.45, 2.75) is 120 Å². The van der Waals surface area contributed by atoms with Crippen LogP contribution in [-0.4, -0.2) is 89.6 Å². The highest BCUT2D eigenvalue weighted by atomic mass is 16.5. The van der Waals surface area contributed by atoms with Crippen molar-refractivity contribution in [3.8, 4) is 0 Å². The third-order valence-corrected chi connectivity index (χ3v) is 4.03. The van der Waals surface area contributed by atoms with Gasteiger partial charge in [-0.15, -0.1) is 0 Å². The maximum atomic E-state index is 10.0. The lowest BCUT2D eigenvalue weighted by Crippen LogP contribution is -2.12. The van der Waals surface area contributed by atoms with Gasteiger partial charge in [0.2, 0.25) is 0 Å². The number of hydrogen-bond donors (Lipinski definition) is 0. The number of carbonyl (C=O) groups is 2. The third-order valence-electron chi connectivity index (χ3n) is 4.03. The van der Waals surface area contributed by atoms with Gasteiger partial charge in [0, 0.05) is 33.7 Å². The normalized spacial score (nSPS) is 9.20. The molecule has 0 unspecified atom stereocenters. The predicted molar refractivity (Wildman–Crippen MR) is 158 cm³/mol. The van der Waals surface area contributed by atoms with E-state index >= 15 is 0 Å². The Morgan fingerprint density at radius 1 is 0.686 bits per heavy atom. The summed E-state index contributed by atoms with van der Waals surface area (Å²) in [5, 5.41) is 0. The summed E-state index contributed by atoms with van der Waals surface area (Å²) in [4.78, 5) is 24.3. The molecule has 0 saturated carbocycles. The molecule has 0 radical (unpaired) electrons. The van der Waals surface area contributed by atoms with E-state index in [-0.39, 0.29) is 11.6 Å². The lowest BCUT2D eigenvalue weighted by molar-refractivity contribution is -0.117. The molecular formula is C29H68N2O4. The van der Waals surface area contributed by atoms with Crippen LogP contribution in [0.4, 0.5) is 0 Å². The van der Waals surface area contributed by atoms with Crippen LogP contribution in [-0.2, 0) is 19.1 Å². The first kappa shape index (κ1) is 47.4. The van der Waals surface area contributed by atoms with Crippen molar-refractivity contribution in [1.82, 2.24) is 9.80 Å². The van der Waals surface area contributed by atoms with Crippen LogP contribution in [0.25, 0.3) is 0 Å². The topological polar surface area (TPSA) is 59.1 Å². The zero-order valence-electron chi connectivity index (χ0n) is 26.9. The fourth-order valence-corrected chi connectivity index (χ4v) is 1.50. The molecule has 0 aliphatic carbocycles. The molecule has 0 aromatic carbocycles. The van der Waals surface area contributed by atoms with Crippen LogP contribution in [0.15, 0.2) is 0 Å². The SMILES string of the molecule is CCC(C)=O.CCCC(C)=O.CCCCCN(C)C.CCCCN(C)C.CCOC.COC(C)C. The molecule has 0 heterocycles. The van der Waals surface area contributed by atoms with Gasteiger partial charge < -0.3 is 28.9 Å². The molecule has 0 saturated heterocycles. The highest BCUT2D eigenvalue weighted by molar-refractivity contribution is 5.75. The number of hydrogen-bond acceptors (Lipinski definition) is 6. The minimum Gasteiger partial charge on any atom is -0.385 e. The third kappa shape index (κ3) is 123. The summed E-state index contributed by atoms with van der Waals surface area (Å²) in [7, 11) is 11.8. The summed E-state index contributed by atoms with van der Waals surface area (Å²) in [6.45, 7) is 20.7. The van der Waals surface area contributed by atoms with E-state index in [0.29, 0.717) is 12.5 Å². The molecule has 0 amide bonds. The molecule has 0 atom stereocenters. The van der Waals surface area contributed by atoms with Crippen molar-refractivity contribution in [2.75, 3.05) is 62.1 Å². The van der Waals surface area contributed by atoms with E-state index in [1.807, 2.05) is 34.6 Å². The summed E-state index contributed by atoms with van der Waals surface area (Å²) in [5.74, 6) is 0.544. The summed E-state index contributed by atoms with van der Waals surface area (Å²) < 4.78 is 9.29. The fraction of sp³-hybridized carbons (Fsp3) is 0.931. The van der Waals surface area contributed by atoms with Gasteiger partial charge in [0.15, 0.2) is 0 Å². The Labute approximate surface area is 222 Å². The molecule has 0 spiro atoms. The zero-order chi connectivity index (χ0) is 29.1. The Morgan fingerprint density at radius 2 is 1.03 bits per heavy atom. The summed E-state index contributed by atoms with van der Waals surface area (Å²) in [6, 6.07) is 0. The van der Waals surface area contributed by atoms with E-state index in [0.717, 1.165) is 19.4 Å². The molecule has 0 bridgehead atoms. The van der Waals surface area contributed by atoms with Crippen molar-refractivity contribution in [2.24, 2.45) is 0 Å². The standard InChI is InChI=1S/C7H17N.C6H15N.C5H10O.C4H10O.C4H8O.C3H8O/c1-4-5-6-7-8(2)3;1-4-5-6-7(2)3;1-3-4-5(2)6;1-4(2)5-3;1-3-4(2)5;1-3-4-2/h4-7H2,1-3H3;4-6H2,1-3H3;3-4H2,1-2H3;4H,1-3H3;3H2,1-2H3;3H2,1-2H3. The number of Topliss-reactive ketones (excluding diaryl/α,β-unsaturated/α-hetero) is 2. The van der Waals surface area contributed by atoms with Gasteiger partial charge in [0.05, 0.1) is 6.10 Å². The minimum absolute atomic E-state index is 0.255. The Bertz CT molecular complexity index is 359. The second kappa shape index (κ2) is 46.5. The minimum atomic E-state index is 0.255. The highest BCUT2D eigenvalue weighted by Gasteiger charge is 1.87. The Morgan fingerprint density at radius 3 is 1.14 bits per heavy atom.